The number of thioether (sulfide) groups is 1. The molecule has 0 saturated carbocycles. The maximum absolute atomic E-state index is 12.5. The van der Waals surface area contributed by atoms with Gasteiger partial charge in [-0.2, -0.15) is 0 Å². The highest BCUT2D eigenvalue weighted by Crippen LogP contribution is 2.16. The first-order valence-electron chi connectivity index (χ1n) is 9.14. The minimum Gasteiger partial charge on any atom is -0.497 e. The lowest BCUT2D eigenvalue weighted by Crippen LogP contribution is -2.35. The molecule has 0 N–H and O–H groups in total. The molecule has 1 amide bonds. The Morgan fingerprint density at radius 2 is 2.00 bits per heavy atom. The number of nitrogens with zero attached hydrogens (tertiary/aromatic N) is 6. The number of carbonyl (C=O) groups excluding carboxylic acids is 1. The molecule has 1 aliphatic rings. The van der Waals surface area contributed by atoms with Crippen molar-refractivity contribution in [3.63, 3.8) is 0 Å². The molecule has 0 unspecified atom stereocenters. The van der Waals surface area contributed by atoms with Crippen molar-refractivity contribution in [1.82, 2.24) is 30.0 Å². The zero-order valence-corrected chi connectivity index (χ0v) is 16.7. The van der Waals surface area contributed by atoms with Crippen molar-refractivity contribution in [3.8, 4) is 5.75 Å². The standard InChI is InChI=1S/C18H26N6O2S/c1-22-18(19-20-21-22)27-13-8-17(25)24-10-3-9-23(11-12-24)14-15-4-6-16(26-2)7-5-15/h4-7H,3,8-14H2,1-2H3. The van der Waals surface area contributed by atoms with Gasteiger partial charge in [0.05, 0.1) is 7.11 Å². The summed E-state index contributed by atoms with van der Waals surface area (Å²) in [6.07, 6.45) is 1.51. The van der Waals surface area contributed by atoms with E-state index in [1.807, 2.05) is 17.0 Å². The van der Waals surface area contributed by atoms with E-state index in [-0.39, 0.29) is 5.91 Å². The van der Waals surface area contributed by atoms with Crippen molar-refractivity contribution in [1.29, 1.82) is 0 Å². The van der Waals surface area contributed by atoms with Crippen LogP contribution >= 0.6 is 11.8 Å². The quantitative estimate of drug-likeness (QED) is 0.662. The molecule has 0 aliphatic carbocycles. The van der Waals surface area contributed by atoms with Gasteiger partial charge in [-0.25, -0.2) is 4.68 Å². The number of aromatic nitrogens is 4. The van der Waals surface area contributed by atoms with E-state index < -0.39 is 0 Å². The van der Waals surface area contributed by atoms with Crippen molar-refractivity contribution >= 4 is 17.7 Å². The summed E-state index contributed by atoms with van der Waals surface area (Å²) < 4.78 is 6.83. The maximum atomic E-state index is 12.5. The summed E-state index contributed by atoms with van der Waals surface area (Å²) in [6, 6.07) is 8.19. The first kappa shape index (κ1) is 19.6. The van der Waals surface area contributed by atoms with Gasteiger partial charge in [-0.3, -0.25) is 9.69 Å². The summed E-state index contributed by atoms with van der Waals surface area (Å²) in [6.45, 7) is 4.42. The van der Waals surface area contributed by atoms with Crippen molar-refractivity contribution in [2.24, 2.45) is 7.05 Å². The van der Waals surface area contributed by atoms with Crippen LogP contribution < -0.4 is 4.74 Å². The van der Waals surface area contributed by atoms with Crippen molar-refractivity contribution < 1.29 is 9.53 Å². The molecule has 0 radical (unpaired) electrons. The average Bonchev–Trinajstić information content (AvgIpc) is 2.95. The third-order valence-electron chi connectivity index (χ3n) is 4.63. The van der Waals surface area contributed by atoms with Crippen LogP contribution in [-0.2, 0) is 18.4 Å². The third-order valence-corrected chi connectivity index (χ3v) is 5.65. The third kappa shape index (κ3) is 5.67. The Bertz CT molecular complexity index is 736. The smallest absolute Gasteiger partial charge is 0.223 e. The molecular formula is C18H26N6O2S. The van der Waals surface area contributed by atoms with Crippen molar-refractivity contribution in [2.75, 3.05) is 39.0 Å². The number of tetrazole rings is 1. The first-order chi connectivity index (χ1) is 13.2. The summed E-state index contributed by atoms with van der Waals surface area (Å²) in [4.78, 5) is 16.9. The zero-order valence-electron chi connectivity index (χ0n) is 15.9. The summed E-state index contributed by atoms with van der Waals surface area (Å²) >= 11 is 1.52. The molecule has 2 heterocycles. The van der Waals surface area contributed by atoms with E-state index in [0.29, 0.717) is 12.2 Å². The fraction of sp³-hybridized carbons (Fsp3) is 0.556. The lowest BCUT2D eigenvalue weighted by Gasteiger charge is -2.22. The summed E-state index contributed by atoms with van der Waals surface area (Å²) in [7, 11) is 3.48. The van der Waals surface area contributed by atoms with Crippen molar-refractivity contribution in [2.45, 2.75) is 24.5 Å². The van der Waals surface area contributed by atoms with Crippen LogP contribution in [0.2, 0.25) is 0 Å². The van der Waals surface area contributed by atoms with E-state index >= 15 is 0 Å². The predicted molar refractivity (Wildman–Crippen MR) is 104 cm³/mol. The van der Waals surface area contributed by atoms with Crippen molar-refractivity contribution in [3.05, 3.63) is 29.8 Å². The van der Waals surface area contributed by atoms with E-state index in [9.17, 15) is 4.79 Å². The van der Waals surface area contributed by atoms with Gasteiger partial charge in [0.15, 0.2) is 0 Å². The average molecular weight is 391 g/mol. The highest BCUT2D eigenvalue weighted by Gasteiger charge is 2.19. The van der Waals surface area contributed by atoms with Gasteiger partial charge in [0.2, 0.25) is 11.1 Å². The molecule has 0 spiro atoms. The van der Waals surface area contributed by atoms with Crippen LogP contribution in [0.1, 0.15) is 18.4 Å². The van der Waals surface area contributed by atoms with Crippen LogP contribution in [0.5, 0.6) is 5.75 Å². The second-order valence-electron chi connectivity index (χ2n) is 6.54. The van der Waals surface area contributed by atoms with Gasteiger partial charge >= 0.3 is 0 Å². The van der Waals surface area contributed by atoms with Crippen LogP contribution in [0.15, 0.2) is 29.4 Å². The summed E-state index contributed by atoms with van der Waals surface area (Å²) in [5.74, 6) is 1.78. The maximum Gasteiger partial charge on any atom is 0.223 e. The highest BCUT2D eigenvalue weighted by molar-refractivity contribution is 7.99. The molecule has 146 valence electrons. The van der Waals surface area contributed by atoms with E-state index in [1.54, 1.807) is 18.8 Å². The normalized spacial score (nSPS) is 15.6. The molecule has 0 atom stereocenters. The first-order valence-corrected chi connectivity index (χ1v) is 10.1. The predicted octanol–water partition coefficient (Wildman–Crippen LogP) is 1.44. The second kappa shape index (κ2) is 9.70. The molecule has 3 rings (SSSR count). The van der Waals surface area contributed by atoms with Gasteiger partial charge in [0.25, 0.3) is 0 Å². The highest BCUT2D eigenvalue weighted by atomic mass is 32.2. The van der Waals surface area contributed by atoms with E-state index in [4.69, 9.17) is 4.74 Å². The van der Waals surface area contributed by atoms with E-state index in [1.165, 1.54) is 17.3 Å². The fourth-order valence-corrected chi connectivity index (χ4v) is 3.88. The Labute approximate surface area is 163 Å². The number of methoxy groups -OCH3 is 1. The number of hydrogen-bond donors (Lipinski definition) is 0. The lowest BCUT2D eigenvalue weighted by atomic mass is 10.2. The van der Waals surface area contributed by atoms with Gasteiger partial charge < -0.3 is 9.64 Å². The Balaban J connectivity index is 1.43. The number of rotatable bonds is 7. The number of benzene rings is 1. The summed E-state index contributed by atoms with van der Waals surface area (Å²) in [5, 5.41) is 12.1. The zero-order chi connectivity index (χ0) is 19.1. The Kier molecular flexibility index (Phi) is 7.05. The van der Waals surface area contributed by atoms with Crippen LogP contribution in [-0.4, -0.2) is 75.0 Å². The van der Waals surface area contributed by atoms with Crippen LogP contribution in [0.25, 0.3) is 0 Å². The Hall–Kier alpha value is -2.13. The number of hydrogen-bond acceptors (Lipinski definition) is 7. The van der Waals surface area contributed by atoms with Gasteiger partial charge in [0, 0.05) is 51.9 Å². The molecule has 1 fully saturated rings. The largest absolute Gasteiger partial charge is 0.497 e. The molecular weight excluding hydrogens is 364 g/mol. The van der Waals surface area contributed by atoms with Gasteiger partial charge in [-0.1, -0.05) is 23.9 Å². The molecule has 8 nitrogen and oxygen atoms in total. The Morgan fingerprint density at radius 3 is 2.70 bits per heavy atom. The number of aryl methyl sites for hydroxylation is 1. The second-order valence-corrected chi connectivity index (χ2v) is 7.60. The molecule has 1 aromatic heterocycles. The molecule has 1 saturated heterocycles. The van der Waals surface area contributed by atoms with Gasteiger partial charge in [0.1, 0.15) is 5.75 Å². The number of carbonyl (C=O) groups is 1. The topological polar surface area (TPSA) is 76.4 Å². The minimum atomic E-state index is 0.212. The lowest BCUT2D eigenvalue weighted by molar-refractivity contribution is -0.130. The molecule has 9 heteroatoms. The van der Waals surface area contributed by atoms with Crippen LogP contribution in [0.3, 0.4) is 0 Å². The van der Waals surface area contributed by atoms with Crippen LogP contribution in [0, 0.1) is 0 Å². The van der Waals surface area contributed by atoms with Gasteiger partial charge in [-0.05, 0) is 34.5 Å². The molecule has 2 aromatic rings. The van der Waals surface area contributed by atoms with Gasteiger partial charge in [-0.15, -0.1) is 5.10 Å². The molecule has 1 aliphatic heterocycles. The Morgan fingerprint density at radius 1 is 1.19 bits per heavy atom. The monoisotopic (exact) mass is 390 g/mol. The summed E-state index contributed by atoms with van der Waals surface area (Å²) in [5.41, 5.74) is 1.27. The molecule has 1 aromatic carbocycles. The number of ether oxygens (including phenoxy) is 1. The number of amides is 1. The molecule has 0 bridgehead atoms. The van der Waals surface area contributed by atoms with Crippen LogP contribution in [0.4, 0.5) is 0 Å². The molecule has 27 heavy (non-hydrogen) atoms. The minimum absolute atomic E-state index is 0.212. The SMILES string of the molecule is COc1ccc(CN2CCCN(C(=O)CCSc3nnnn3C)CC2)cc1. The fourth-order valence-electron chi connectivity index (χ4n) is 3.10. The van der Waals surface area contributed by atoms with E-state index in [2.05, 4.69) is 32.6 Å². The van der Waals surface area contributed by atoms with E-state index in [0.717, 1.165) is 50.1 Å².